The maximum atomic E-state index is 13.4. The third-order valence-corrected chi connectivity index (χ3v) is 6.27. The maximum Gasteiger partial charge on any atom is 0.300 e. The third kappa shape index (κ3) is 4.50. The number of nitrogens with zero attached hydrogens (tertiary/aromatic N) is 1. The highest BCUT2D eigenvalue weighted by Crippen LogP contribution is 2.44. The highest BCUT2D eigenvalue weighted by molar-refractivity contribution is 6.51. The summed E-state index contributed by atoms with van der Waals surface area (Å²) in [6, 6.07) is 15.9. The summed E-state index contributed by atoms with van der Waals surface area (Å²) in [5, 5.41) is 11.9. The molecule has 3 aromatic carbocycles. The van der Waals surface area contributed by atoms with Crippen molar-refractivity contribution in [3.05, 3.63) is 87.9 Å². The quantitative estimate of drug-likeness (QED) is 0.251. The monoisotopic (exact) mass is 507 g/mol. The number of anilines is 1. The van der Waals surface area contributed by atoms with Crippen LogP contribution in [-0.4, -0.2) is 37.6 Å². The lowest BCUT2D eigenvalue weighted by atomic mass is 9.94. The zero-order chi connectivity index (χ0) is 26.0. The molecule has 4 rings (SSSR count). The highest BCUT2D eigenvalue weighted by atomic mass is 35.5. The fraction of sp³-hybridized carbons (Fsp3) is 0.214. The first-order valence-electron chi connectivity index (χ1n) is 11.3. The normalized spacial score (nSPS) is 16.8. The van der Waals surface area contributed by atoms with E-state index in [0.29, 0.717) is 45.7 Å². The van der Waals surface area contributed by atoms with Gasteiger partial charge < -0.3 is 19.3 Å². The molecule has 1 fully saturated rings. The van der Waals surface area contributed by atoms with Gasteiger partial charge in [0, 0.05) is 16.3 Å². The van der Waals surface area contributed by atoms with E-state index in [0.717, 1.165) is 5.56 Å². The number of aliphatic hydroxyl groups excluding tert-OH is 1. The molecule has 3 aromatic rings. The Balaban J connectivity index is 1.95. The average molecular weight is 508 g/mol. The second-order valence-corrected chi connectivity index (χ2v) is 8.61. The van der Waals surface area contributed by atoms with Crippen molar-refractivity contribution in [2.24, 2.45) is 0 Å². The lowest BCUT2D eigenvalue weighted by Crippen LogP contribution is -2.29. The van der Waals surface area contributed by atoms with E-state index in [-0.39, 0.29) is 11.3 Å². The van der Waals surface area contributed by atoms with E-state index < -0.39 is 17.7 Å². The van der Waals surface area contributed by atoms with Crippen molar-refractivity contribution in [2.75, 3.05) is 25.7 Å². The summed E-state index contributed by atoms with van der Waals surface area (Å²) >= 11 is 6.06. The number of hydrogen-bond donors (Lipinski definition) is 1. The number of halogens is 1. The molecular weight excluding hydrogens is 482 g/mol. The van der Waals surface area contributed by atoms with Crippen molar-refractivity contribution in [1.29, 1.82) is 0 Å². The van der Waals surface area contributed by atoms with Gasteiger partial charge in [-0.3, -0.25) is 14.5 Å². The van der Waals surface area contributed by atoms with Crippen molar-refractivity contribution >= 4 is 34.7 Å². The Bertz CT molecular complexity index is 1350. The van der Waals surface area contributed by atoms with Crippen LogP contribution in [-0.2, 0) is 9.59 Å². The van der Waals surface area contributed by atoms with Crippen LogP contribution < -0.4 is 19.1 Å². The van der Waals surface area contributed by atoms with Crippen LogP contribution in [0.4, 0.5) is 5.69 Å². The molecule has 0 aromatic heterocycles. The second kappa shape index (κ2) is 10.3. The lowest BCUT2D eigenvalue weighted by Gasteiger charge is -2.26. The molecule has 7 nitrogen and oxygen atoms in total. The molecule has 186 valence electrons. The summed E-state index contributed by atoms with van der Waals surface area (Å²) in [6.07, 6.45) is 0. The number of carbonyl (C=O) groups excluding carboxylic acids is 2. The number of aliphatic hydroxyl groups is 1. The number of benzene rings is 3. The molecule has 1 unspecified atom stereocenters. The smallest absolute Gasteiger partial charge is 0.300 e. The van der Waals surface area contributed by atoms with Crippen LogP contribution in [0, 0.1) is 6.92 Å². The second-order valence-electron chi connectivity index (χ2n) is 8.17. The first-order chi connectivity index (χ1) is 17.3. The zero-order valence-corrected chi connectivity index (χ0v) is 21.1. The van der Waals surface area contributed by atoms with Gasteiger partial charge in [-0.05, 0) is 79.6 Å². The summed E-state index contributed by atoms with van der Waals surface area (Å²) in [7, 11) is 3.09. The number of Topliss-reactive ketones (excluding diaryl/α,β-unsaturated/α-hetero) is 1. The molecule has 0 bridgehead atoms. The van der Waals surface area contributed by atoms with Crippen LogP contribution >= 0.6 is 11.6 Å². The summed E-state index contributed by atoms with van der Waals surface area (Å²) in [6.45, 7) is 4.07. The van der Waals surface area contributed by atoms with Crippen molar-refractivity contribution in [3.63, 3.8) is 0 Å². The van der Waals surface area contributed by atoms with Gasteiger partial charge in [-0.15, -0.1) is 0 Å². The van der Waals surface area contributed by atoms with E-state index in [1.54, 1.807) is 67.8 Å². The minimum absolute atomic E-state index is 0.0351. The zero-order valence-electron chi connectivity index (χ0n) is 20.4. The number of carbonyl (C=O) groups is 2. The molecular formula is C28H26ClNO6. The Hall–Kier alpha value is -3.97. The van der Waals surface area contributed by atoms with Crippen molar-refractivity contribution in [1.82, 2.24) is 0 Å². The predicted molar refractivity (Wildman–Crippen MR) is 138 cm³/mol. The minimum Gasteiger partial charge on any atom is -0.507 e. The van der Waals surface area contributed by atoms with E-state index in [9.17, 15) is 14.7 Å². The van der Waals surface area contributed by atoms with Crippen molar-refractivity contribution in [3.8, 4) is 17.2 Å². The predicted octanol–water partition coefficient (Wildman–Crippen LogP) is 5.69. The van der Waals surface area contributed by atoms with Gasteiger partial charge in [-0.1, -0.05) is 17.7 Å². The molecule has 0 aliphatic carbocycles. The average Bonchev–Trinajstić information content (AvgIpc) is 3.14. The summed E-state index contributed by atoms with van der Waals surface area (Å²) in [5.41, 5.74) is 2.16. The highest BCUT2D eigenvalue weighted by Gasteiger charge is 2.47. The van der Waals surface area contributed by atoms with Gasteiger partial charge in [-0.25, -0.2) is 0 Å². The molecule has 1 N–H and O–H groups in total. The van der Waals surface area contributed by atoms with Crippen LogP contribution in [0.25, 0.3) is 5.76 Å². The standard InChI is InChI=1S/C28H26ClNO6/c1-5-36-23-15-17(6-13-22(23)35-4)25-24(26(31)18-7-12-21(34-3)16(2)14-18)27(32)28(33)30(25)20-10-8-19(29)9-11-20/h6-15,25,31H,5H2,1-4H3/b26-24-. The first-order valence-corrected chi connectivity index (χ1v) is 11.7. The Morgan fingerprint density at radius 3 is 2.22 bits per heavy atom. The molecule has 1 saturated heterocycles. The molecule has 0 radical (unpaired) electrons. The summed E-state index contributed by atoms with van der Waals surface area (Å²) in [4.78, 5) is 28.1. The molecule has 1 amide bonds. The SMILES string of the molecule is CCOc1cc(C2/C(=C(/O)c3ccc(OC)c(C)c3)C(=O)C(=O)N2c2ccc(Cl)cc2)ccc1OC. The van der Waals surface area contributed by atoms with Gasteiger partial charge in [0.2, 0.25) is 0 Å². The van der Waals surface area contributed by atoms with E-state index in [1.165, 1.54) is 12.0 Å². The van der Waals surface area contributed by atoms with E-state index in [4.69, 9.17) is 25.8 Å². The Morgan fingerprint density at radius 1 is 0.944 bits per heavy atom. The number of amides is 1. The molecule has 1 aliphatic rings. The van der Waals surface area contributed by atoms with Crippen LogP contribution in [0.2, 0.25) is 5.02 Å². The fourth-order valence-electron chi connectivity index (χ4n) is 4.33. The lowest BCUT2D eigenvalue weighted by molar-refractivity contribution is -0.132. The van der Waals surface area contributed by atoms with Crippen LogP contribution in [0.3, 0.4) is 0 Å². The van der Waals surface area contributed by atoms with Crippen LogP contribution in [0.5, 0.6) is 17.2 Å². The van der Waals surface area contributed by atoms with Gasteiger partial charge in [0.1, 0.15) is 11.5 Å². The summed E-state index contributed by atoms with van der Waals surface area (Å²) in [5.74, 6) is -0.234. The fourth-order valence-corrected chi connectivity index (χ4v) is 4.45. The van der Waals surface area contributed by atoms with Gasteiger partial charge in [0.05, 0.1) is 32.4 Å². The molecule has 1 aliphatic heterocycles. The third-order valence-electron chi connectivity index (χ3n) is 6.02. The van der Waals surface area contributed by atoms with Gasteiger partial charge in [-0.2, -0.15) is 0 Å². The van der Waals surface area contributed by atoms with E-state index >= 15 is 0 Å². The van der Waals surface area contributed by atoms with Gasteiger partial charge in [0.15, 0.2) is 11.5 Å². The van der Waals surface area contributed by atoms with Gasteiger partial charge in [0.25, 0.3) is 11.7 Å². The number of ether oxygens (including phenoxy) is 3. The molecule has 1 atom stereocenters. The summed E-state index contributed by atoms with van der Waals surface area (Å²) < 4.78 is 16.5. The molecule has 1 heterocycles. The Morgan fingerprint density at radius 2 is 1.61 bits per heavy atom. The number of hydrogen-bond acceptors (Lipinski definition) is 6. The van der Waals surface area contributed by atoms with E-state index in [2.05, 4.69) is 0 Å². The van der Waals surface area contributed by atoms with Crippen molar-refractivity contribution in [2.45, 2.75) is 19.9 Å². The number of ketones is 1. The molecule has 0 spiro atoms. The number of aryl methyl sites for hydroxylation is 1. The number of methoxy groups -OCH3 is 2. The molecule has 8 heteroatoms. The largest absolute Gasteiger partial charge is 0.507 e. The van der Waals surface area contributed by atoms with Crippen LogP contribution in [0.15, 0.2) is 66.2 Å². The Labute approximate surface area is 214 Å². The first kappa shape index (κ1) is 25.1. The van der Waals surface area contributed by atoms with E-state index in [1.807, 2.05) is 13.8 Å². The number of rotatable bonds is 7. The van der Waals surface area contributed by atoms with Crippen LogP contribution in [0.1, 0.15) is 29.7 Å². The topological polar surface area (TPSA) is 85.3 Å². The maximum absolute atomic E-state index is 13.4. The Kier molecular flexibility index (Phi) is 7.22. The van der Waals surface area contributed by atoms with Crippen molar-refractivity contribution < 1.29 is 28.9 Å². The minimum atomic E-state index is -0.918. The molecule has 36 heavy (non-hydrogen) atoms. The van der Waals surface area contributed by atoms with Gasteiger partial charge >= 0.3 is 0 Å². The molecule has 0 saturated carbocycles.